The first-order valence-corrected chi connectivity index (χ1v) is 8.12. The van der Waals surface area contributed by atoms with Crippen LogP contribution in [0.3, 0.4) is 0 Å². The third kappa shape index (κ3) is 2.48. The number of hydrogen-bond donors (Lipinski definition) is 1. The molecular weight excluding hydrogens is 300 g/mol. The molecule has 0 bridgehead atoms. The monoisotopic (exact) mass is 310 g/mol. The molecule has 2 aromatic rings. The number of nitrogens with two attached hydrogens (primary N) is 1. The normalized spacial score (nSPS) is 11.2. The molecule has 2 aromatic carbocycles. The minimum atomic E-state index is -1.56. The summed E-state index contributed by atoms with van der Waals surface area (Å²) in [5.74, 6) is 0. The molecule has 0 atom stereocenters. The minimum absolute atomic E-state index is 1.08. The van der Waals surface area contributed by atoms with Gasteiger partial charge in [-0.25, -0.2) is 0 Å². The predicted octanol–water partition coefficient (Wildman–Crippen LogP) is 2.62. The molecule has 1 nitrogen and oxygen atoms in total. The second-order valence-electron chi connectivity index (χ2n) is 3.03. The summed E-state index contributed by atoms with van der Waals surface area (Å²) in [5, 5.41) is 0. The van der Waals surface area contributed by atoms with E-state index >= 15 is 0 Å². The Morgan fingerprint density at radius 3 is 2.13 bits per heavy atom. The van der Waals surface area contributed by atoms with Crippen LogP contribution in [0.4, 0.5) is 0 Å². The molecule has 0 saturated carbocycles. The van der Waals surface area contributed by atoms with Crippen molar-refractivity contribution in [3.05, 3.63) is 54.6 Å². The molecule has 15 heavy (non-hydrogen) atoms. The van der Waals surface area contributed by atoms with Gasteiger partial charge in [0.2, 0.25) is 0 Å². The second kappa shape index (κ2) is 4.92. The van der Waals surface area contributed by atoms with Crippen LogP contribution in [0.1, 0.15) is 0 Å². The first-order valence-electron chi connectivity index (χ1n) is 4.45. The van der Waals surface area contributed by atoms with E-state index < -0.39 is 16.0 Å². The summed E-state index contributed by atoms with van der Waals surface area (Å²) in [6.07, 6.45) is 0. The summed E-state index contributed by atoms with van der Waals surface area (Å²) in [4.78, 5) is 0. The Labute approximate surface area is 99.4 Å². The van der Waals surface area contributed by atoms with Crippen molar-refractivity contribution in [2.24, 2.45) is 4.37 Å². The fraction of sp³-hybridized carbons (Fsp3) is 0. The molecule has 0 aliphatic carbocycles. The van der Waals surface area contributed by atoms with E-state index in [9.17, 15) is 0 Å². The van der Waals surface area contributed by atoms with Gasteiger partial charge in [-0.3, -0.25) is 0 Å². The van der Waals surface area contributed by atoms with Gasteiger partial charge in [0.1, 0.15) is 0 Å². The Balaban J connectivity index is 2.53. The van der Waals surface area contributed by atoms with Crippen molar-refractivity contribution in [3.8, 4) is 11.1 Å². The van der Waals surface area contributed by atoms with E-state index in [1.54, 1.807) is 0 Å². The van der Waals surface area contributed by atoms with Crippen molar-refractivity contribution in [2.75, 3.05) is 0 Å². The quantitative estimate of drug-likeness (QED) is 0.848. The SMILES string of the molecule is [NH2][Pd]([Cl])[c]1ccccc1-c1ccccc1. The van der Waals surface area contributed by atoms with Crippen molar-refractivity contribution in [3.63, 3.8) is 0 Å². The van der Waals surface area contributed by atoms with Gasteiger partial charge in [-0.15, -0.1) is 0 Å². The third-order valence-electron chi connectivity index (χ3n) is 2.09. The van der Waals surface area contributed by atoms with Crippen molar-refractivity contribution in [1.82, 2.24) is 0 Å². The Morgan fingerprint density at radius 2 is 1.47 bits per heavy atom. The molecule has 2 N–H and O–H groups in total. The van der Waals surface area contributed by atoms with Crippen LogP contribution in [0.25, 0.3) is 11.1 Å². The zero-order chi connectivity index (χ0) is 10.7. The molecular formula is C12H11ClNPd. The van der Waals surface area contributed by atoms with Gasteiger partial charge in [0.15, 0.2) is 0 Å². The number of rotatable bonds is 2. The van der Waals surface area contributed by atoms with E-state index in [0.29, 0.717) is 0 Å². The zero-order valence-corrected chi connectivity index (χ0v) is 10.3. The summed E-state index contributed by atoms with van der Waals surface area (Å²) in [6.45, 7) is 0. The summed E-state index contributed by atoms with van der Waals surface area (Å²) in [5.41, 5.74) is 2.32. The molecule has 0 spiro atoms. The zero-order valence-electron chi connectivity index (χ0n) is 7.97. The van der Waals surface area contributed by atoms with E-state index in [2.05, 4.69) is 18.2 Å². The van der Waals surface area contributed by atoms with E-state index in [1.165, 1.54) is 5.56 Å². The van der Waals surface area contributed by atoms with Crippen molar-refractivity contribution < 1.29 is 16.0 Å². The van der Waals surface area contributed by atoms with Gasteiger partial charge in [0, 0.05) is 0 Å². The molecule has 81 valence electrons. The Morgan fingerprint density at radius 1 is 0.867 bits per heavy atom. The first-order chi connectivity index (χ1) is 7.29. The maximum atomic E-state index is 6.05. The van der Waals surface area contributed by atoms with E-state index in [1.807, 2.05) is 36.4 Å². The molecule has 0 saturated heterocycles. The van der Waals surface area contributed by atoms with Crippen LogP contribution in [-0.2, 0) is 16.0 Å². The van der Waals surface area contributed by atoms with Crippen molar-refractivity contribution in [2.45, 2.75) is 0 Å². The van der Waals surface area contributed by atoms with Crippen LogP contribution in [-0.4, -0.2) is 0 Å². The summed E-state index contributed by atoms with van der Waals surface area (Å²) >= 11 is -1.56. The average Bonchev–Trinajstić information content (AvgIpc) is 2.30. The summed E-state index contributed by atoms with van der Waals surface area (Å²) in [6, 6.07) is 18.2. The molecule has 0 aliphatic rings. The molecule has 3 heteroatoms. The topological polar surface area (TPSA) is 26.0 Å². The number of hydrogen-bond acceptors (Lipinski definition) is 1. The van der Waals surface area contributed by atoms with Crippen LogP contribution >= 0.6 is 9.53 Å². The Bertz CT molecular complexity index is 442. The Hall–Kier alpha value is -0.648. The molecule has 2 rings (SSSR count). The van der Waals surface area contributed by atoms with Crippen LogP contribution in [0.5, 0.6) is 0 Å². The summed E-state index contributed by atoms with van der Waals surface area (Å²) in [7, 11) is 6.05. The van der Waals surface area contributed by atoms with Crippen molar-refractivity contribution >= 4 is 13.6 Å². The Kier molecular flexibility index (Phi) is 3.56. The molecule has 0 fully saturated rings. The van der Waals surface area contributed by atoms with Crippen LogP contribution in [0, 0.1) is 0 Å². The van der Waals surface area contributed by atoms with Gasteiger partial charge in [0.25, 0.3) is 0 Å². The van der Waals surface area contributed by atoms with E-state index in [4.69, 9.17) is 13.9 Å². The molecule has 0 amide bonds. The molecule has 0 aromatic heterocycles. The maximum absolute atomic E-state index is 6.05. The van der Waals surface area contributed by atoms with Gasteiger partial charge >= 0.3 is 99.6 Å². The number of benzene rings is 2. The molecule has 0 radical (unpaired) electrons. The van der Waals surface area contributed by atoms with Crippen LogP contribution in [0.15, 0.2) is 54.6 Å². The fourth-order valence-electron chi connectivity index (χ4n) is 1.42. The average molecular weight is 311 g/mol. The van der Waals surface area contributed by atoms with Gasteiger partial charge in [-0.05, 0) is 0 Å². The first kappa shape index (κ1) is 10.9. The molecule has 0 unspecified atom stereocenters. The van der Waals surface area contributed by atoms with Gasteiger partial charge in [-0.1, -0.05) is 0 Å². The predicted molar refractivity (Wildman–Crippen MR) is 61.6 cm³/mol. The van der Waals surface area contributed by atoms with Crippen LogP contribution in [0.2, 0.25) is 0 Å². The van der Waals surface area contributed by atoms with Crippen molar-refractivity contribution in [1.29, 1.82) is 0 Å². The van der Waals surface area contributed by atoms with Gasteiger partial charge in [-0.2, -0.15) is 0 Å². The number of halogens is 1. The third-order valence-corrected chi connectivity index (χ3v) is 4.33. The van der Waals surface area contributed by atoms with Crippen LogP contribution < -0.4 is 8.40 Å². The molecule has 0 aliphatic heterocycles. The van der Waals surface area contributed by atoms with E-state index in [-0.39, 0.29) is 0 Å². The van der Waals surface area contributed by atoms with E-state index in [0.717, 1.165) is 9.60 Å². The van der Waals surface area contributed by atoms with Gasteiger partial charge in [0.05, 0.1) is 0 Å². The second-order valence-corrected chi connectivity index (χ2v) is 6.48. The summed E-state index contributed by atoms with van der Waals surface area (Å²) < 4.78 is 6.91. The fourth-order valence-corrected chi connectivity index (χ4v) is 3.19. The molecule has 0 heterocycles. The van der Waals surface area contributed by atoms with Gasteiger partial charge < -0.3 is 0 Å². The standard InChI is InChI=1S/C12H9.ClH.H2N.Pd/c1-3-7-11(8-4-1)12-9-5-2-6-10-12;;;/h1-9H;1H;1H2;/q;;-1;+2/p-1.